The van der Waals surface area contributed by atoms with E-state index in [1.54, 1.807) is 6.07 Å². The number of carbonyl (C=O) groups excluding carboxylic acids is 1. The Morgan fingerprint density at radius 2 is 2.40 bits per heavy atom. The summed E-state index contributed by atoms with van der Waals surface area (Å²) in [5.74, 6) is 0.506. The number of carbonyl (C=O) groups is 1. The molecule has 1 aliphatic heterocycles. The van der Waals surface area contributed by atoms with Gasteiger partial charge >= 0.3 is 0 Å². The maximum atomic E-state index is 10.6. The Balaban J connectivity index is 2.10. The fourth-order valence-electron chi connectivity index (χ4n) is 1.49. The van der Waals surface area contributed by atoms with E-state index in [0.717, 1.165) is 12.8 Å². The largest absolute Gasteiger partial charge is 0.507 e. The standard InChI is InChI=1S/C11H12O4/c12-7-8-6-9(3-4-10(8)13)15-11-2-1-5-14-11/h3-4,6-7,11,13H,1-2,5H2. The lowest BCUT2D eigenvalue weighted by atomic mass is 10.2. The van der Waals surface area contributed by atoms with Crippen LogP contribution in [0.5, 0.6) is 11.5 Å². The van der Waals surface area contributed by atoms with Gasteiger partial charge in [-0.25, -0.2) is 0 Å². The van der Waals surface area contributed by atoms with Gasteiger partial charge in [0.15, 0.2) is 12.6 Å². The van der Waals surface area contributed by atoms with Crippen LogP contribution >= 0.6 is 0 Å². The predicted molar refractivity (Wildman–Crippen MR) is 53.1 cm³/mol. The Morgan fingerprint density at radius 3 is 3.07 bits per heavy atom. The molecule has 0 amide bonds. The minimum absolute atomic E-state index is 0.0373. The van der Waals surface area contributed by atoms with Crippen molar-refractivity contribution in [3.8, 4) is 11.5 Å². The van der Waals surface area contributed by atoms with E-state index in [-0.39, 0.29) is 17.6 Å². The van der Waals surface area contributed by atoms with Crippen molar-refractivity contribution in [2.75, 3.05) is 6.61 Å². The molecule has 0 spiro atoms. The van der Waals surface area contributed by atoms with E-state index in [1.165, 1.54) is 12.1 Å². The second kappa shape index (κ2) is 4.31. The smallest absolute Gasteiger partial charge is 0.199 e. The second-order valence-electron chi connectivity index (χ2n) is 3.40. The maximum Gasteiger partial charge on any atom is 0.199 e. The molecule has 1 aromatic carbocycles. The lowest BCUT2D eigenvalue weighted by Crippen LogP contribution is -2.13. The molecule has 1 unspecified atom stereocenters. The summed E-state index contributed by atoms with van der Waals surface area (Å²) < 4.78 is 10.8. The lowest BCUT2D eigenvalue weighted by molar-refractivity contribution is -0.0390. The molecule has 1 heterocycles. The first-order chi connectivity index (χ1) is 7.29. The molecule has 0 aromatic heterocycles. The molecular weight excluding hydrogens is 196 g/mol. The Morgan fingerprint density at radius 1 is 1.53 bits per heavy atom. The monoisotopic (exact) mass is 208 g/mol. The number of phenolic OH excluding ortho intramolecular Hbond substituents is 1. The van der Waals surface area contributed by atoms with E-state index in [9.17, 15) is 9.90 Å². The van der Waals surface area contributed by atoms with Crippen molar-refractivity contribution >= 4 is 6.29 Å². The number of hydrogen-bond acceptors (Lipinski definition) is 4. The zero-order valence-corrected chi connectivity index (χ0v) is 8.18. The molecule has 1 aliphatic rings. The highest BCUT2D eigenvalue weighted by atomic mass is 16.7. The Kier molecular flexibility index (Phi) is 2.87. The van der Waals surface area contributed by atoms with Gasteiger partial charge in [0.25, 0.3) is 0 Å². The van der Waals surface area contributed by atoms with Crippen molar-refractivity contribution < 1.29 is 19.4 Å². The van der Waals surface area contributed by atoms with Crippen molar-refractivity contribution in [2.45, 2.75) is 19.1 Å². The van der Waals surface area contributed by atoms with Gasteiger partial charge in [-0.05, 0) is 24.6 Å². The van der Waals surface area contributed by atoms with E-state index in [2.05, 4.69) is 0 Å². The number of benzene rings is 1. The van der Waals surface area contributed by atoms with Gasteiger partial charge in [-0.2, -0.15) is 0 Å². The van der Waals surface area contributed by atoms with Crippen LogP contribution < -0.4 is 4.74 Å². The van der Waals surface area contributed by atoms with Gasteiger partial charge < -0.3 is 14.6 Å². The highest BCUT2D eigenvalue weighted by Gasteiger charge is 2.17. The van der Waals surface area contributed by atoms with Gasteiger partial charge in [0.05, 0.1) is 12.2 Å². The molecular formula is C11H12O4. The number of aromatic hydroxyl groups is 1. The van der Waals surface area contributed by atoms with Crippen LogP contribution in [-0.4, -0.2) is 24.3 Å². The van der Waals surface area contributed by atoms with Crippen molar-refractivity contribution in [3.63, 3.8) is 0 Å². The van der Waals surface area contributed by atoms with E-state index in [0.29, 0.717) is 18.6 Å². The van der Waals surface area contributed by atoms with E-state index < -0.39 is 0 Å². The molecule has 0 radical (unpaired) electrons. The predicted octanol–water partition coefficient (Wildman–Crippen LogP) is 1.72. The summed E-state index contributed by atoms with van der Waals surface area (Å²) in [6.45, 7) is 0.712. The summed E-state index contributed by atoms with van der Waals surface area (Å²) >= 11 is 0. The molecule has 80 valence electrons. The minimum atomic E-state index is -0.228. The summed E-state index contributed by atoms with van der Waals surface area (Å²) in [4.78, 5) is 10.6. The number of hydrogen-bond donors (Lipinski definition) is 1. The van der Waals surface area contributed by atoms with E-state index >= 15 is 0 Å². The van der Waals surface area contributed by atoms with Gasteiger partial charge in [-0.3, -0.25) is 4.79 Å². The minimum Gasteiger partial charge on any atom is -0.507 e. The van der Waals surface area contributed by atoms with Crippen LogP contribution in [0.1, 0.15) is 23.2 Å². The van der Waals surface area contributed by atoms with Gasteiger partial charge in [0, 0.05) is 6.42 Å². The molecule has 15 heavy (non-hydrogen) atoms. The van der Waals surface area contributed by atoms with Crippen molar-refractivity contribution in [1.82, 2.24) is 0 Å². The summed E-state index contributed by atoms with van der Waals surface area (Å²) in [5, 5.41) is 9.28. The van der Waals surface area contributed by atoms with Crippen LogP contribution in [0.15, 0.2) is 18.2 Å². The molecule has 4 nitrogen and oxygen atoms in total. The molecule has 1 fully saturated rings. The third-order valence-electron chi connectivity index (χ3n) is 2.28. The summed E-state index contributed by atoms with van der Waals surface area (Å²) in [6, 6.07) is 4.56. The number of ether oxygens (including phenoxy) is 2. The van der Waals surface area contributed by atoms with Crippen molar-refractivity contribution in [1.29, 1.82) is 0 Å². The first kappa shape index (κ1) is 9.98. The molecule has 1 aromatic rings. The average Bonchev–Trinajstić information content (AvgIpc) is 2.73. The van der Waals surface area contributed by atoms with Crippen LogP contribution in [0.4, 0.5) is 0 Å². The van der Waals surface area contributed by atoms with Crippen molar-refractivity contribution in [2.24, 2.45) is 0 Å². The Bertz CT molecular complexity index is 356. The Hall–Kier alpha value is -1.55. The first-order valence-electron chi connectivity index (χ1n) is 4.86. The summed E-state index contributed by atoms with van der Waals surface area (Å²) in [6.07, 6.45) is 2.22. The molecule has 0 saturated carbocycles. The molecule has 4 heteroatoms. The molecule has 0 bridgehead atoms. The second-order valence-corrected chi connectivity index (χ2v) is 3.40. The molecule has 1 N–H and O–H groups in total. The third-order valence-corrected chi connectivity index (χ3v) is 2.28. The average molecular weight is 208 g/mol. The molecule has 1 atom stereocenters. The third kappa shape index (κ3) is 2.27. The topological polar surface area (TPSA) is 55.8 Å². The lowest BCUT2D eigenvalue weighted by Gasteiger charge is -2.12. The van der Waals surface area contributed by atoms with Crippen LogP contribution in [-0.2, 0) is 4.74 Å². The zero-order valence-electron chi connectivity index (χ0n) is 8.18. The SMILES string of the molecule is O=Cc1cc(OC2CCCO2)ccc1O. The number of aldehydes is 1. The van der Waals surface area contributed by atoms with Gasteiger partial charge in [0.1, 0.15) is 11.5 Å². The van der Waals surface area contributed by atoms with Crippen LogP contribution in [0, 0.1) is 0 Å². The van der Waals surface area contributed by atoms with Crippen LogP contribution in [0.2, 0.25) is 0 Å². The number of phenols is 1. The zero-order chi connectivity index (χ0) is 10.7. The van der Waals surface area contributed by atoms with Crippen LogP contribution in [0.25, 0.3) is 0 Å². The maximum absolute atomic E-state index is 10.6. The molecule has 1 saturated heterocycles. The summed E-state index contributed by atoms with van der Waals surface area (Å²) in [7, 11) is 0. The fraction of sp³-hybridized carbons (Fsp3) is 0.364. The van der Waals surface area contributed by atoms with Gasteiger partial charge in [0.2, 0.25) is 0 Å². The highest BCUT2D eigenvalue weighted by molar-refractivity contribution is 5.79. The van der Waals surface area contributed by atoms with Gasteiger partial charge in [-0.1, -0.05) is 0 Å². The highest BCUT2D eigenvalue weighted by Crippen LogP contribution is 2.24. The normalized spacial score (nSPS) is 20.1. The Labute approximate surface area is 87.4 Å². The van der Waals surface area contributed by atoms with Crippen molar-refractivity contribution in [3.05, 3.63) is 23.8 Å². The fourth-order valence-corrected chi connectivity index (χ4v) is 1.49. The van der Waals surface area contributed by atoms with Crippen LogP contribution in [0.3, 0.4) is 0 Å². The summed E-state index contributed by atoms with van der Waals surface area (Å²) in [5.41, 5.74) is 0.227. The van der Waals surface area contributed by atoms with Gasteiger partial charge in [-0.15, -0.1) is 0 Å². The number of rotatable bonds is 3. The van der Waals surface area contributed by atoms with E-state index in [1.807, 2.05) is 0 Å². The molecule has 2 rings (SSSR count). The van der Waals surface area contributed by atoms with E-state index in [4.69, 9.17) is 9.47 Å². The quantitative estimate of drug-likeness (QED) is 0.768. The first-order valence-corrected chi connectivity index (χ1v) is 4.86. The molecule has 0 aliphatic carbocycles.